The third kappa shape index (κ3) is 3.29. The van der Waals surface area contributed by atoms with Crippen molar-refractivity contribution in [2.75, 3.05) is 6.54 Å². The van der Waals surface area contributed by atoms with Crippen LogP contribution < -0.4 is 0 Å². The monoisotopic (exact) mass is 337 g/mol. The SMILES string of the molecule is CC1(C)C(c2ccccc2)CCN1C(=O)Cc1ccccc1C(=O)O. The first-order valence-corrected chi connectivity index (χ1v) is 8.58. The Morgan fingerprint density at radius 3 is 2.40 bits per heavy atom. The fourth-order valence-electron chi connectivity index (χ4n) is 3.94. The van der Waals surface area contributed by atoms with Crippen LogP contribution in [0.3, 0.4) is 0 Å². The molecule has 0 radical (unpaired) electrons. The van der Waals surface area contributed by atoms with Gasteiger partial charge in [-0.25, -0.2) is 4.79 Å². The van der Waals surface area contributed by atoms with Crippen molar-refractivity contribution in [3.63, 3.8) is 0 Å². The molecule has 1 heterocycles. The highest BCUT2D eigenvalue weighted by atomic mass is 16.4. The maximum atomic E-state index is 12.9. The third-order valence-electron chi connectivity index (χ3n) is 5.28. The Balaban J connectivity index is 1.81. The molecular formula is C21H23NO3. The molecule has 1 aliphatic rings. The summed E-state index contributed by atoms with van der Waals surface area (Å²) in [7, 11) is 0. The van der Waals surface area contributed by atoms with Gasteiger partial charge < -0.3 is 10.0 Å². The van der Waals surface area contributed by atoms with Gasteiger partial charge in [-0.3, -0.25) is 4.79 Å². The van der Waals surface area contributed by atoms with Gasteiger partial charge >= 0.3 is 5.97 Å². The van der Waals surface area contributed by atoms with E-state index in [4.69, 9.17) is 0 Å². The van der Waals surface area contributed by atoms with E-state index in [1.54, 1.807) is 24.3 Å². The van der Waals surface area contributed by atoms with Crippen molar-refractivity contribution in [2.45, 2.75) is 38.1 Å². The van der Waals surface area contributed by atoms with Gasteiger partial charge in [0.25, 0.3) is 0 Å². The molecule has 130 valence electrons. The zero-order valence-electron chi connectivity index (χ0n) is 14.6. The summed E-state index contributed by atoms with van der Waals surface area (Å²) in [6.45, 7) is 4.89. The first-order chi connectivity index (χ1) is 11.9. The summed E-state index contributed by atoms with van der Waals surface area (Å²) in [5.41, 5.74) is 1.72. The molecule has 0 aliphatic carbocycles. The van der Waals surface area contributed by atoms with E-state index in [9.17, 15) is 14.7 Å². The van der Waals surface area contributed by atoms with E-state index in [0.29, 0.717) is 12.1 Å². The molecule has 2 aromatic rings. The molecule has 1 N–H and O–H groups in total. The second kappa shape index (κ2) is 6.71. The van der Waals surface area contributed by atoms with Gasteiger partial charge in [-0.05, 0) is 37.5 Å². The lowest BCUT2D eigenvalue weighted by molar-refractivity contribution is -0.133. The molecule has 4 heteroatoms. The molecule has 25 heavy (non-hydrogen) atoms. The van der Waals surface area contributed by atoms with Crippen LogP contribution in [0, 0.1) is 0 Å². The van der Waals surface area contributed by atoms with Gasteiger partial charge in [0.2, 0.25) is 5.91 Å². The Bertz CT molecular complexity index is 783. The number of carbonyl (C=O) groups is 2. The topological polar surface area (TPSA) is 57.6 Å². The molecule has 0 bridgehead atoms. The van der Waals surface area contributed by atoms with E-state index in [1.165, 1.54) is 5.56 Å². The highest BCUT2D eigenvalue weighted by molar-refractivity contribution is 5.91. The lowest BCUT2D eigenvalue weighted by Gasteiger charge is -2.36. The number of hydrogen-bond donors (Lipinski definition) is 1. The summed E-state index contributed by atoms with van der Waals surface area (Å²) in [6, 6.07) is 17.0. The predicted octanol–water partition coefficient (Wildman–Crippen LogP) is 3.72. The summed E-state index contributed by atoms with van der Waals surface area (Å²) >= 11 is 0. The number of rotatable bonds is 4. The van der Waals surface area contributed by atoms with Gasteiger partial charge in [-0.15, -0.1) is 0 Å². The molecule has 2 aromatic carbocycles. The van der Waals surface area contributed by atoms with Crippen LogP contribution in [0.1, 0.15) is 47.7 Å². The van der Waals surface area contributed by atoms with E-state index in [0.717, 1.165) is 6.42 Å². The lowest BCUT2D eigenvalue weighted by atomic mass is 9.82. The Hall–Kier alpha value is -2.62. The van der Waals surface area contributed by atoms with Crippen LogP contribution >= 0.6 is 0 Å². The van der Waals surface area contributed by atoms with Crippen LogP contribution in [0.25, 0.3) is 0 Å². The number of likely N-dealkylation sites (tertiary alicyclic amines) is 1. The molecule has 1 saturated heterocycles. The Morgan fingerprint density at radius 2 is 1.72 bits per heavy atom. The molecule has 1 amide bonds. The smallest absolute Gasteiger partial charge is 0.335 e. The highest BCUT2D eigenvalue weighted by Crippen LogP contribution is 2.41. The third-order valence-corrected chi connectivity index (χ3v) is 5.28. The molecule has 3 rings (SSSR count). The number of carboxylic acid groups (broad SMARTS) is 1. The van der Waals surface area contributed by atoms with E-state index >= 15 is 0 Å². The summed E-state index contributed by atoms with van der Waals surface area (Å²) < 4.78 is 0. The van der Waals surface area contributed by atoms with Crippen molar-refractivity contribution in [1.29, 1.82) is 0 Å². The van der Waals surface area contributed by atoms with Crippen molar-refractivity contribution in [2.24, 2.45) is 0 Å². The van der Waals surface area contributed by atoms with Crippen LogP contribution in [0.2, 0.25) is 0 Å². The first-order valence-electron chi connectivity index (χ1n) is 8.58. The fraction of sp³-hybridized carbons (Fsp3) is 0.333. The van der Waals surface area contributed by atoms with E-state index < -0.39 is 5.97 Å². The average Bonchev–Trinajstić information content (AvgIpc) is 2.91. The minimum atomic E-state index is -0.994. The van der Waals surface area contributed by atoms with Crippen molar-refractivity contribution >= 4 is 11.9 Å². The maximum absolute atomic E-state index is 12.9. The van der Waals surface area contributed by atoms with Gasteiger partial charge in [-0.1, -0.05) is 48.5 Å². The molecular weight excluding hydrogens is 314 g/mol. The van der Waals surface area contributed by atoms with Crippen molar-refractivity contribution in [3.8, 4) is 0 Å². The lowest BCUT2D eigenvalue weighted by Crippen LogP contribution is -2.46. The minimum absolute atomic E-state index is 0.0165. The van der Waals surface area contributed by atoms with Gasteiger partial charge in [0.05, 0.1) is 12.0 Å². The molecule has 1 atom stereocenters. The normalized spacial score (nSPS) is 19.0. The van der Waals surface area contributed by atoms with Crippen molar-refractivity contribution in [1.82, 2.24) is 4.90 Å². The number of carboxylic acids is 1. The summed E-state index contributed by atoms with van der Waals surface area (Å²) in [5, 5.41) is 9.31. The summed E-state index contributed by atoms with van der Waals surface area (Å²) in [6.07, 6.45) is 1.04. The van der Waals surface area contributed by atoms with Gasteiger partial charge in [0, 0.05) is 18.0 Å². The highest BCUT2D eigenvalue weighted by Gasteiger charge is 2.44. The molecule has 0 saturated carbocycles. The Labute approximate surface area is 148 Å². The number of nitrogens with zero attached hydrogens (tertiary/aromatic N) is 1. The average molecular weight is 337 g/mol. The van der Waals surface area contributed by atoms with Gasteiger partial charge in [0.1, 0.15) is 0 Å². The second-order valence-electron chi connectivity index (χ2n) is 7.09. The van der Waals surface area contributed by atoms with E-state index in [2.05, 4.69) is 26.0 Å². The van der Waals surface area contributed by atoms with Crippen LogP contribution in [0.4, 0.5) is 0 Å². The molecule has 1 unspecified atom stereocenters. The van der Waals surface area contributed by atoms with Crippen molar-refractivity contribution in [3.05, 3.63) is 71.3 Å². The van der Waals surface area contributed by atoms with Gasteiger partial charge in [0.15, 0.2) is 0 Å². The van der Waals surface area contributed by atoms with Gasteiger partial charge in [-0.2, -0.15) is 0 Å². The fourth-order valence-corrected chi connectivity index (χ4v) is 3.94. The molecule has 1 fully saturated rings. The standard InChI is InChI=1S/C21H23NO3/c1-21(2)18(15-8-4-3-5-9-15)12-13-22(21)19(23)14-16-10-6-7-11-17(16)20(24)25/h3-11,18H,12-14H2,1-2H3,(H,24,25). The number of benzene rings is 2. The number of hydrogen-bond acceptors (Lipinski definition) is 2. The van der Waals surface area contributed by atoms with Crippen LogP contribution in [0.15, 0.2) is 54.6 Å². The largest absolute Gasteiger partial charge is 0.478 e. The first kappa shape index (κ1) is 17.2. The Kier molecular flexibility index (Phi) is 4.62. The second-order valence-corrected chi connectivity index (χ2v) is 7.09. The van der Waals surface area contributed by atoms with Crippen molar-refractivity contribution < 1.29 is 14.7 Å². The van der Waals surface area contributed by atoms with E-state index in [-0.39, 0.29) is 29.3 Å². The van der Waals surface area contributed by atoms with Crippen LogP contribution in [-0.4, -0.2) is 34.0 Å². The van der Waals surface area contributed by atoms with Crippen LogP contribution in [0.5, 0.6) is 0 Å². The number of amides is 1. The number of aromatic carboxylic acids is 1. The molecule has 0 spiro atoms. The molecule has 4 nitrogen and oxygen atoms in total. The van der Waals surface area contributed by atoms with E-state index in [1.807, 2.05) is 23.1 Å². The zero-order valence-corrected chi connectivity index (χ0v) is 14.6. The summed E-state index contributed by atoms with van der Waals surface area (Å²) in [4.78, 5) is 26.2. The zero-order chi connectivity index (χ0) is 18.0. The summed E-state index contributed by atoms with van der Waals surface area (Å²) in [5.74, 6) is -0.726. The molecule has 1 aliphatic heterocycles. The minimum Gasteiger partial charge on any atom is -0.478 e. The molecule has 0 aromatic heterocycles. The van der Waals surface area contributed by atoms with Crippen LogP contribution in [-0.2, 0) is 11.2 Å². The number of carbonyl (C=O) groups excluding carboxylic acids is 1. The maximum Gasteiger partial charge on any atom is 0.335 e. The Morgan fingerprint density at radius 1 is 1.08 bits per heavy atom. The quantitative estimate of drug-likeness (QED) is 0.925. The predicted molar refractivity (Wildman–Crippen MR) is 96.7 cm³/mol.